The van der Waals surface area contributed by atoms with Crippen molar-refractivity contribution in [2.75, 3.05) is 5.73 Å². The van der Waals surface area contributed by atoms with Crippen LogP contribution in [0, 0.1) is 0 Å². The van der Waals surface area contributed by atoms with Gasteiger partial charge in [-0.2, -0.15) is 4.37 Å². The summed E-state index contributed by atoms with van der Waals surface area (Å²) < 4.78 is 5.56. The first kappa shape index (κ1) is 8.82. The van der Waals surface area contributed by atoms with Gasteiger partial charge in [-0.05, 0) is 29.7 Å². The number of nitrogens with zero attached hydrogens (tertiary/aromatic N) is 2. The Labute approximate surface area is 94.4 Å². The van der Waals surface area contributed by atoms with Gasteiger partial charge in [0.2, 0.25) is 0 Å². The molecular weight excluding hydrogens is 226 g/mol. The molecule has 0 aliphatic carbocycles. The Balaban J connectivity index is 2.32. The fraction of sp³-hybridized carbons (Fsp3) is 0. The summed E-state index contributed by atoms with van der Waals surface area (Å²) in [6.07, 6.45) is 1.79. The molecule has 3 rings (SSSR count). The molecule has 2 N–H and O–H groups in total. The maximum absolute atomic E-state index is 5.77. The van der Waals surface area contributed by atoms with Gasteiger partial charge in [0, 0.05) is 22.7 Å². The molecule has 5 heteroatoms. The number of rotatable bonds is 1. The smallest absolute Gasteiger partial charge is 0.143 e. The number of hydrogen-bond donors (Lipinski definition) is 1. The lowest BCUT2D eigenvalue weighted by Crippen LogP contribution is -1.83. The van der Waals surface area contributed by atoms with Crippen LogP contribution in [-0.4, -0.2) is 9.36 Å². The third kappa shape index (κ3) is 1.40. The van der Waals surface area contributed by atoms with Crippen molar-refractivity contribution in [3.05, 3.63) is 29.8 Å². The van der Waals surface area contributed by atoms with Crippen LogP contribution in [0.1, 0.15) is 0 Å². The summed E-state index contributed by atoms with van der Waals surface area (Å²) in [5.41, 5.74) is 7.47. The van der Waals surface area contributed by atoms with Crippen molar-refractivity contribution < 1.29 is 0 Å². The first-order valence-corrected chi connectivity index (χ1v) is 6.05. The number of benzene rings is 1. The molecule has 0 bridgehead atoms. The van der Waals surface area contributed by atoms with Gasteiger partial charge in [0.15, 0.2) is 0 Å². The molecule has 1 aromatic carbocycles. The Morgan fingerprint density at radius 3 is 3.00 bits per heavy atom. The number of fused-ring (bicyclic) bond motifs is 1. The molecule has 0 aliphatic rings. The number of nitrogen functional groups attached to an aromatic ring is 1. The van der Waals surface area contributed by atoms with Crippen molar-refractivity contribution in [1.82, 2.24) is 9.36 Å². The molecule has 0 atom stereocenters. The quantitative estimate of drug-likeness (QED) is 0.657. The number of hydrogen-bond acceptors (Lipinski definition) is 5. The number of aromatic nitrogens is 2. The molecule has 3 aromatic rings. The Bertz CT molecular complexity index is 598. The summed E-state index contributed by atoms with van der Waals surface area (Å²) in [5.74, 6) is 0. The Morgan fingerprint density at radius 1 is 1.27 bits per heavy atom. The molecular formula is C10H7N3S2. The summed E-state index contributed by atoms with van der Waals surface area (Å²) in [5, 5.41) is 3.99. The van der Waals surface area contributed by atoms with Crippen molar-refractivity contribution in [2.45, 2.75) is 0 Å². The van der Waals surface area contributed by atoms with Crippen LogP contribution in [0.25, 0.3) is 20.8 Å². The zero-order valence-corrected chi connectivity index (χ0v) is 9.31. The Morgan fingerprint density at radius 2 is 2.20 bits per heavy atom. The van der Waals surface area contributed by atoms with Crippen LogP contribution in [0.3, 0.4) is 0 Å². The van der Waals surface area contributed by atoms with Gasteiger partial charge in [0.25, 0.3) is 0 Å². The summed E-state index contributed by atoms with van der Waals surface area (Å²) in [4.78, 5) is 4.26. The molecule has 0 amide bonds. The molecule has 0 spiro atoms. The van der Waals surface area contributed by atoms with E-state index in [4.69, 9.17) is 5.73 Å². The lowest BCUT2D eigenvalue weighted by molar-refractivity contribution is 1.39. The van der Waals surface area contributed by atoms with E-state index in [0.29, 0.717) is 0 Å². The SMILES string of the molecule is Nc1ccc2snc(-c3nccs3)c2c1. The predicted molar refractivity (Wildman–Crippen MR) is 65.1 cm³/mol. The van der Waals surface area contributed by atoms with Gasteiger partial charge in [0.05, 0.1) is 4.70 Å². The van der Waals surface area contributed by atoms with Crippen LogP contribution < -0.4 is 5.73 Å². The minimum Gasteiger partial charge on any atom is -0.399 e. The number of thiazole rings is 1. The summed E-state index contributed by atoms with van der Waals surface area (Å²) >= 11 is 3.08. The normalized spacial score (nSPS) is 10.9. The van der Waals surface area contributed by atoms with Crippen LogP contribution in [0.15, 0.2) is 29.8 Å². The summed E-state index contributed by atoms with van der Waals surface area (Å²) in [6.45, 7) is 0. The maximum Gasteiger partial charge on any atom is 0.143 e. The van der Waals surface area contributed by atoms with Gasteiger partial charge in [-0.1, -0.05) is 0 Å². The van der Waals surface area contributed by atoms with Crippen molar-refractivity contribution in [1.29, 1.82) is 0 Å². The molecule has 0 saturated heterocycles. The van der Waals surface area contributed by atoms with Crippen molar-refractivity contribution in [2.24, 2.45) is 0 Å². The zero-order valence-electron chi connectivity index (χ0n) is 7.68. The monoisotopic (exact) mass is 233 g/mol. The first-order chi connectivity index (χ1) is 7.34. The minimum absolute atomic E-state index is 0.764. The summed E-state index contributed by atoms with van der Waals surface area (Å²) in [7, 11) is 0. The van der Waals surface area contributed by atoms with E-state index in [-0.39, 0.29) is 0 Å². The van der Waals surface area contributed by atoms with E-state index in [1.165, 1.54) is 11.5 Å². The van der Waals surface area contributed by atoms with Gasteiger partial charge in [-0.15, -0.1) is 11.3 Å². The first-order valence-electron chi connectivity index (χ1n) is 4.39. The van der Waals surface area contributed by atoms with Gasteiger partial charge >= 0.3 is 0 Å². The van der Waals surface area contributed by atoms with Gasteiger partial charge in [0.1, 0.15) is 10.7 Å². The third-order valence-corrected chi connectivity index (χ3v) is 3.74. The average molecular weight is 233 g/mol. The van der Waals surface area contributed by atoms with Crippen LogP contribution in [0.2, 0.25) is 0 Å². The highest BCUT2D eigenvalue weighted by Crippen LogP contribution is 2.32. The highest BCUT2D eigenvalue weighted by molar-refractivity contribution is 7.15. The van der Waals surface area contributed by atoms with Gasteiger partial charge in [-0.3, -0.25) is 0 Å². The Hall–Kier alpha value is -1.46. The molecule has 3 nitrogen and oxygen atoms in total. The molecule has 0 aliphatic heterocycles. The van der Waals surface area contributed by atoms with Crippen molar-refractivity contribution in [3.8, 4) is 10.7 Å². The second-order valence-corrected chi connectivity index (χ2v) is 4.82. The van der Waals surface area contributed by atoms with E-state index >= 15 is 0 Å². The highest BCUT2D eigenvalue weighted by atomic mass is 32.1. The molecule has 0 saturated carbocycles. The number of anilines is 1. The lowest BCUT2D eigenvalue weighted by atomic mass is 10.2. The van der Waals surface area contributed by atoms with E-state index in [9.17, 15) is 0 Å². The van der Waals surface area contributed by atoms with Crippen molar-refractivity contribution in [3.63, 3.8) is 0 Å². The van der Waals surface area contributed by atoms with Gasteiger partial charge in [-0.25, -0.2) is 4.98 Å². The second kappa shape index (κ2) is 3.29. The number of nitrogens with two attached hydrogens (primary N) is 1. The average Bonchev–Trinajstić information content (AvgIpc) is 2.83. The Kier molecular flexibility index (Phi) is 1.93. The largest absolute Gasteiger partial charge is 0.399 e. The van der Waals surface area contributed by atoms with E-state index in [0.717, 1.165) is 26.5 Å². The van der Waals surface area contributed by atoms with E-state index in [1.807, 2.05) is 23.6 Å². The van der Waals surface area contributed by atoms with E-state index < -0.39 is 0 Å². The molecule has 74 valence electrons. The van der Waals surface area contributed by atoms with Gasteiger partial charge < -0.3 is 5.73 Å². The molecule has 0 unspecified atom stereocenters. The van der Waals surface area contributed by atoms with E-state index in [1.54, 1.807) is 17.5 Å². The zero-order chi connectivity index (χ0) is 10.3. The van der Waals surface area contributed by atoms with Crippen LogP contribution in [-0.2, 0) is 0 Å². The van der Waals surface area contributed by atoms with E-state index in [2.05, 4.69) is 9.36 Å². The second-order valence-electron chi connectivity index (χ2n) is 3.12. The molecule has 2 aromatic heterocycles. The summed E-state index contributed by atoms with van der Waals surface area (Å²) in [6, 6.07) is 5.85. The van der Waals surface area contributed by atoms with Crippen LogP contribution >= 0.6 is 22.9 Å². The molecule has 0 radical (unpaired) electrons. The van der Waals surface area contributed by atoms with Crippen LogP contribution in [0.4, 0.5) is 5.69 Å². The lowest BCUT2D eigenvalue weighted by Gasteiger charge is -1.94. The molecule has 2 heterocycles. The van der Waals surface area contributed by atoms with Crippen LogP contribution in [0.5, 0.6) is 0 Å². The predicted octanol–water partition coefficient (Wildman–Crippen LogP) is 3.00. The fourth-order valence-corrected chi connectivity index (χ4v) is 2.91. The fourth-order valence-electron chi connectivity index (χ4n) is 1.45. The minimum atomic E-state index is 0.764. The molecule has 15 heavy (non-hydrogen) atoms. The maximum atomic E-state index is 5.77. The molecule has 0 fully saturated rings. The van der Waals surface area contributed by atoms with Crippen molar-refractivity contribution >= 4 is 38.6 Å². The topological polar surface area (TPSA) is 51.8 Å². The standard InChI is InChI=1S/C10H7N3S2/c11-6-1-2-8-7(5-6)9(13-15-8)10-12-3-4-14-10/h1-5H,11H2. The highest BCUT2D eigenvalue weighted by Gasteiger charge is 2.10. The third-order valence-electron chi connectivity index (χ3n) is 2.13.